The summed E-state index contributed by atoms with van der Waals surface area (Å²) in [5.74, 6) is 0. The minimum absolute atomic E-state index is 0.809. The van der Waals surface area contributed by atoms with Crippen LogP contribution in [0.3, 0.4) is 0 Å². The van der Waals surface area contributed by atoms with Gasteiger partial charge in [0.05, 0.1) is 6.61 Å². The van der Waals surface area contributed by atoms with Crippen molar-refractivity contribution in [3.63, 3.8) is 0 Å². The average Bonchev–Trinajstić information content (AvgIpc) is 2.53. The maximum atomic E-state index is 5.87. The molecule has 88 valence electrons. The molecule has 0 radical (unpaired) electrons. The van der Waals surface area contributed by atoms with Crippen LogP contribution in [0.1, 0.15) is 12.0 Å². The van der Waals surface area contributed by atoms with E-state index in [0.29, 0.717) is 0 Å². The van der Waals surface area contributed by atoms with E-state index in [0.717, 1.165) is 49.4 Å². The highest BCUT2D eigenvalue weighted by Crippen LogP contribution is 2.25. The van der Waals surface area contributed by atoms with Gasteiger partial charge in [-0.25, -0.2) is 0 Å². The number of rotatable bonds is 2. The fourth-order valence-electron chi connectivity index (χ4n) is 1.92. The van der Waals surface area contributed by atoms with Crippen molar-refractivity contribution in [1.82, 2.24) is 4.90 Å². The molecular formula is C12H17BrN2O. The highest BCUT2D eigenvalue weighted by Gasteiger charge is 2.11. The molecule has 1 aliphatic heterocycles. The van der Waals surface area contributed by atoms with Crippen LogP contribution in [0.5, 0.6) is 0 Å². The molecule has 1 heterocycles. The van der Waals surface area contributed by atoms with Crippen molar-refractivity contribution >= 4 is 21.6 Å². The van der Waals surface area contributed by atoms with Gasteiger partial charge in [0, 0.05) is 36.4 Å². The SMILES string of the molecule is Nc1cccc(CN2CCCOCC2)c1Br. The maximum Gasteiger partial charge on any atom is 0.0593 e. The second kappa shape index (κ2) is 5.66. The van der Waals surface area contributed by atoms with Gasteiger partial charge in [-0.3, -0.25) is 4.90 Å². The van der Waals surface area contributed by atoms with Gasteiger partial charge >= 0.3 is 0 Å². The molecule has 1 aliphatic rings. The van der Waals surface area contributed by atoms with Crippen LogP contribution in [0.25, 0.3) is 0 Å². The zero-order chi connectivity index (χ0) is 11.4. The summed E-state index contributed by atoms with van der Waals surface area (Å²) in [7, 11) is 0. The van der Waals surface area contributed by atoms with E-state index in [9.17, 15) is 0 Å². The van der Waals surface area contributed by atoms with Gasteiger partial charge in [0.2, 0.25) is 0 Å². The first kappa shape index (κ1) is 11.9. The second-order valence-electron chi connectivity index (χ2n) is 4.06. The molecule has 0 unspecified atom stereocenters. The number of nitrogens with zero attached hydrogens (tertiary/aromatic N) is 1. The van der Waals surface area contributed by atoms with Crippen LogP contribution in [0, 0.1) is 0 Å². The molecule has 0 saturated carbocycles. The van der Waals surface area contributed by atoms with Gasteiger partial charge in [0.25, 0.3) is 0 Å². The number of anilines is 1. The molecule has 1 fully saturated rings. The van der Waals surface area contributed by atoms with Crippen molar-refractivity contribution < 1.29 is 4.74 Å². The topological polar surface area (TPSA) is 38.5 Å². The number of halogens is 1. The number of benzene rings is 1. The lowest BCUT2D eigenvalue weighted by Crippen LogP contribution is -2.26. The fraction of sp³-hybridized carbons (Fsp3) is 0.500. The molecule has 0 bridgehead atoms. The number of hydrogen-bond donors (Lipinski definition) is 1. The molecule has 2 rings (SSSR count). The molecule has 4 heteroatoms. The molecular weight excluding hydrogens is 268 g/mol. The van der Waals surface area contributed by atoms with Crippen molar-refractivity contribution in [1.29, 1.82) is 0 Å². The highest BCUT2D eigenvalue weighted by molar-refractivity contribution is 9.10. The highest BCUT2D eigenvalue weighted by atomic mass is 79.9. The Hall–Kier alpha value is -0.580. The third-order valence-electron chi connectivity index (χ3n) is 2.82. The van der Waals surface area contributed by atoms with Crippen LogP contribution >= 0.6 is 15.9 Å². The predicted octanol–water partition coefficient (Wildman–Crippen LogP) is 2.25. The Kier molecular flexibility index (Phi) is 4.21. The van der Waals surface area contributed by atoms with Crippen molar-refractivity contribution in [2.75, 3.05) is 32.0 Å². The minimum Gasteiger partial charge on any atom is -0.398 e. The summed E-state index contributed by atoms with van der Waals surface area (Å²) >= 11 is 3.54. The normalized spacial score (nSPS) is 18.3. The summed E-state index contributed by atoms with van der Waals surface area (Å²) in [6, 6.07) is 6.04. The summed E-state index contributed by atoms with van der Waals surface area (Å²) < 4.78 is 6.47. The van der Waals surface area contributed by atoms with E-state index in [-0.39, 0.29) is 0 Å². The molecule has 0 aliphatic carbocycles. The van der Waals surface area contributed by atoms with E-state index in [1.165, 1.54) is 5.56 Å². The summed E-state index contributed by atoms with van der Waals surface area (Å²) in [4.78, 5) is 2.41. The predicted molar refractivity (Wildman–Crippen MR) is 69.3 cm³/mol. The molecule has 16 heavy (non-hydrogen) atoms. The Morgan fingerprint density at radius 2 is 2.19 bits per heavy atom. The quantitative estimate of drug-likeness (QED) is 0.847. The van der Waals surface area contributed by atoms with Gasteiger partial charge < -0.3 is 10.5 Å². The Morgan fingerprint density at radius 1 is 1.31 bits per heavy atom. The zero-order valence-electron chi connectivity index (χ0n) is 9.29. The lowest BCUT2D eigenvalue weighted by molar-refractivity contribution is 0.140. The zero-order valence-corrected chi connectivity index (χ0v) is 10.9. The first-order valence-electron chi connectivity index (χ1n) is 5.60. The summed E-state index contributed by atoms with van der Waals surface area (Å²) in [6.07, 6.45) is 1.11. The largest absolute Gasteiger partial charge is 0.398 e. The van der Waals surface area contributed by atoms with Gasteiger partial charge in [-0.15, -0.1) is 0 Å². The number of nitrogens with two attached hydrogens (primary N) is 1. The van der Waals surface area contributed by atoms with Gasteiger partial charge in [-0.05, 0) is 34.0 Å². The molecule has 1 saturated heterocycles. The maximum absolute atomic E-state index is 5.87. The van der Waals surface area contributed by atoms with E-state index in [4.69, 9.17) is 10.5 Å². The lowest BCUT2D eigenvalue weighted by Gasteiger charge is -2.20. The number of hydrogen-bond acceptors (Lipinski definition) is 3. The molecule has 0 atom stereocenters. The third-order valence-corrected chi connectivity index (χ3v) is 3.78. The van der Waals surface area contributed by atoms with E-state index in [2.05, 4.69) is 26.9 Å². The Labute approximate surface area is 105 Å². The molecule has 1 aromatic rings. The van der Waals surface area contributed by atoms with Crippen molar-refractivity contribution in [3.05, 3.63) is 28.2 Å². The lowest BCUT2D eigenvalue weighted by atomic mass is 10.2. The molecule has 1 aromatic carbocycles. The molecule has 0 amide bonds. The third kappa shape index (κ3) is 2.97. The van der Waals surface area contributed by atoms with Crippen LogP contribution in [-0.2, 0) is 11.3 Å². The second-order valence-corrected chi connectivity index (χ2v) is 4.86. The van der Waals surface area contributed by atoms with Crippen molar-refractivity contribution in [2.45, 2.75) is 13.0 Å². The Balaban J connectivity index is 2.04. The number of ether oxygens (including phenoxy) is 1. The molecule has 0 aromatic heterocycles. The van der Waals surface area contributed by atoms with Gasteiger partial charge in [-0.2, -0.15) is 0 Å². The van der Waals surface area contributed by atoms with Crippen molar-refractivity contribution in [3.8, 4) is 0 Å². The minimum atomic E-state index is 0.809. The molecule has 0 spiro atoms. The van der Waals surface area contributed by atoms with Crippen LogP contribution in [0.15, 0.2) is 22.7 Å². The van der Waals surface area contributed by atoms with E-state index >= 15 is 0 Å². The smallest absolute Gasteiger partial charge is 0.0593 e. The first-order valence-corrected chi connectivity index (χ1v) is 6.39. The monoisotopic (exact) mass is 284 g/mol. The van der Waals surface area contributed by atoms with Gasteiger partial charge in [0.1, 0.15) is 0 Å². The standard InChI is InChI=1S/C12H17BrN2O/c13-12-10(3-1-4-11(12)14)9-15-5-2-7-16-8-6-15/h1,3-4H,2,5-9,14H2. The van der Waals surface area contributed by atoms with E-state index in [1.54, 1.807) is 0 Å². The summed E-state index contributed by atoms with van der Waals surface area (Å²) in [5.41, 5.74) is 7.93. The Bertz CT molecular complexity index is 349. The number of nitrogen functional groups attached to an aromatic ring is 1. The molecule has 3 nitrogen and oxygen atoms in total. The average molecular weight is 285 g/mol. The molecule has 2 N–H and O–H groups in total. The van der Waals surface area contributed by atoms with Crippen molar-refractivity contribution in [2.24, 2.45) is 0 Å². The van der Waals surface area contributed by atoms with Gasteiger partial charge in [-0.1, -0.05) is 12.1 Å². The van der Waals surface area contributed by atoms with Gasteiger partial charge in [0.15, 0.2) is 0 Å². The van der Waals surface area contributed by atoms with Crippen LogP contribution in [0.4, 0.5) is 5.69 Å². The van der Waals surface area contributed by atoms with Crippen LogP contribution < -0.4 is 5.73 Å². The van der Waals surface area contributed by atoms with E-state index in [1.807, 2.05) is 12.1 Å². The van der Waals surface area contributed by atoms with E-state index < -0.39 is 0 Å². The summed E-state index contributed by atoms with van der Waals surface area (Å²) in [6.45, 7) is 4.76. The fourth-order valence-corrected chi connectivity index (χ4v) is 2.31. The summed E-state index contributed by atoms with van der Waals surface area (Å²) in [5, 5.41) is 0. The van der Waals surface area contributed by atoms with Crippen LogP contribution in [0.2, 0.25) is 0 Å². The Morgan fingerprint density at radius 3 is 3.06 bits per heavy atom. The van der Waals surface area contributed by atoms with Crippen LogP contribution in [-0.4, -0.2) is 31.2 Å². The first-order chi connectivity index (χ1) is 7.77.